The highest BCUT2D eigenvalue weighted by atomic mass is 33.1. The van der Waals surface area contributed by atoms with Crippen molar-refractivity contribution in [2.24, 2.45) is 103 Å². The number of nitrogens with one attached hydrogen (secondary N) is 2. The van der Waals surface area contributed by atoms with Crippen molar-refractivity contribution in [1.29, 1.82) is 0 Å². The molecular weight excluding hydrogens is 1100 g/mol. The first-order valence-corrected chi connectivity index (χ1v) is 36.6. The molecule has 9 saturated carbocycles. The van der Waals surface area contributed by atoms with Gasteiger partial charge in [-0.05, 0) is 211 Å². The monoisotopic (exact) mass is 1210 g/mol. The number of aromatic nitrogens is 2. The third-order valence-corrected chi connectivity index (χ3v) is 31.2. The van der Waals surface area contributed by atoms with Crippen molar-refractivity contribution in [3.05, 3.63) is 52.7 Å². The van der Waals surface area contributed by atoms with Crippen LogP contribution < -0.4 is 16.4 Å². The van der Waals surface area contributed by atoms with Gasteiger partial charge in [-0.3, -0.25) is 9.79 Å². The quantitative estimate of drug-likeness (QED) is 0.0384. The van der Waals surface area contributed by atoms with Gasteiger partial charge in [0.25, 0.3) is 0 Å². The standard InChI is InChI=1S/C69H104N6O8S2/c1-39(77)74-62(70)73-34-41-30-66(37-76)49-29-53(69(66,83)50-28-51(79)58-48(35-71-4)60(81)52(80)33-67(58,56(41)50)42-14-6-5-7-15-42)68(23-12-22-65(68)24-18-44(78)32-65)85-84-36-43(75-26-25-72-38-75)31-63(2,3)59-46-17-11-21-64(19-8-9-20-64)57(46)45-16-10-13-40-27-47(49)61(82)55(59)54(40)45/h25-26,28,38-44,47-49,52-53,55-58,60-61,71,76-78,80-83H,5-24,27,29-37H2,1-4H3,(H3,70,73,74). The zero-order chi connectivity index (χ0) is 59.2. The van der Waals surface area contributed by atoms with Crippen LogP contribution in [-0.4, -0.2) is 131 Å². The van der Waals surface area contributed by atoms with E-state index in [2.05, 4.69) is 35.2 Å². The van der Waals surface area contributed by atoms with Crippen molar-refractivity contribution >= 4 is 33.3 Å². The predicted molar refractivity (Wildman–Crippen MR) is 334 cm³/mol. The van der Waals surface area contributed by atoms with Gasteiger partial charge < -0.3 is 56.7 Å². The van der Waals surface area contributed by atoms with E-state index in [0.29, 0.717) is 43.7 Å². The molecule has 13 aliphatic rings. The molecule has 12 aliphatic carbocycles. The van der Waals surface area contributed by atoms with Gasteiger partial charge in [-0.1, -0.05) is 96.3 Å². The van der Waals surface area contributed by atoms with E-state index in [9.17, 15) is 30.6 Å². The van der Waals surface area contributed by atoms with Crippen molar-refractivity contribution in [2.45, 2.75) is 235 Å². The maximum Gasteiger partial charge on any atom is 0.190 e. The first-order chi connectivity index (χ1) is 40.8. The number of hydrogen-bond acceptors (Lipinski definition) is 13. The summed E-state index contributed by atoms with van der Waals surface area (Å²) in [5, 5.41) is 97.9. The van der Waals surface area contributed by atoms with Gasteiger partial charge in [0.1, 0.15) is 6.23 Å². The number of imidazole rings is 1. The molecule has 1 aromatic rings. The first-order valence-electron chi connectivity index (χ1n) is 34.3. The van der Waals surface area contributed by atoms with Crippen LogP contribution >= 0.6 is 21.6 Å². The van der Waals surface area contributed by atoms with E-state index in [4.69, 9.17) is 15.7 Å². The van der Waals surface area contributed by atoms with Crippen LogP contribution in [0.25, 0.3) is 0 Å². The summed E-state index contributed by atoms with van der Waals surface area (Å²) in [5.41, 5.74) is 9.48. The number of ketones is 1. The number of carbonyl (C=O) groups is 1. The lowest BCUT2D eigenvalue weighted by molar-refractivity contribution is -0.215. The van der Waals surface area contributed by atoms with Crippen molar-refractivity contribution in [3.8, 4) is 0 Å². The van der Waals surface area contributed by atoms with E-state index in [0.717, 1.165) is 102 Å². The third kappa shape index (κ3) is 8.82. The van der Waals surface area contributed by atoms with Crippen LogP contribution in [0.1, 0.15) is 194 Å². The lowest BCUT2D eigenvalue weighted by Gasteiger charge is -2.68. The number of allylic oxidation sites excluding steroid dienone is 3. The van der Waals surface area contributed by atoms with E-state index in [1.165, 1.54) is 44.1 Å². The number of guanidine groups is 1. The highest BCUT2D eigenvalue weighted by Gasteiger charge is 2.81. The number of aliphatic hydroxyl groups excluding tert-OH is 6. The maximum absolute atomic E-state index is 16.4. The molecule has 2 heterocycles. The third-order valence-electron chi connectivity index (χ3n) is 27.7. The molecule has 1 aromatic heterocycles. The van der Waals surface area contributed by atoms with E-state index in [1.54, 1.807) is 23.6 Å². The molecule has 0 radical (unpaired) electrons. The average molecular weight is 1210 g/mol. The van der Waals surface area contributed by atoms with Crippen molar-refractivity contribution < 1.29 is 40.5 Å². The van der Waals surface area contributed by atoms with Gasteiger partial charge in [0.15, 0.2) is 11.7 Å². The number of aliphatic hydroxyl groups is 7. The number of nitrogens with two attached hydrogens (primary N) is 1. The summed E-state index contributed by atoms with van der Waals surface area (Å²) in [6, 6.07) is 0.0721. The smallest absolute Gasteiger partial charge is 0.190 e. The van der Waals surface area contributed by atoms with Gasteiger partial charge in [-0.25, -0.2) is 4.98 Å². The van der Waals surface area contributed by atoms with Crippen LogP contribution in [0.4, 0.5) is 0 Å². The molecule has 10 fully saturated rings. The largest absolute Gasteiger partial charge is 0.396 e. The number of carbonyl (C=O) groups excluding carboxylic acids is 1. The summed E-state index contributed by atoms with van der Waals surface area (Å²) in [5.74, 6) is -1.99. The fourth-order valence-electron chi connectivity index (χ4n) is 25.3. The van der Waals surface area contributed by atoms with Gasteiger partial charge >= 0.3 is 0 Å². The van der Waals surface area contributed by atoms with E-state index in [-0.39, 0.29) is 89.1 Å². The summed E-state index contributed by atoms with van der Waals surface area (Å²) in [6.45, 7) is 6.82. The van der Waals surface area contributed by atoms with Crippen molar-refractivity contribution in [1.82, 2.24) is 20.2 Å². The van der Waals surface area contributed by atoms with Crippen LogP contribution in [0.15, 0.2) is 57.7 Å². The van der Waals surface area contributed by atoms with E-state index >= 15 is 9.90 Å². The molecule has 4 bridgehead atoms. The zero-order valence-electron chi connectivity index (χ0n) is 51.6. The summed E-state index contributed by atoms with van der Waals surface area (Å²) in [7, 11) is 5.77. The molecule has 470 valence electrons. The van der Waals surface area contributed by atoms with Gasteiger partial charge in [0, 0.05) is 77.0 Å². The maximum atomic E-state index is 16.4. The summed E-state index contributed by atoms with van der Waals surface area (Å²) in [6.07, 6.45) is 27.8. The zero-order valence-corrected chi connectivity index (χ0v) is 53.2. The van der Waals surface area contributed by atoms with E-state index in [1.807, 2.05) is 47.2 Å². The fraction of sp³-hybridized carbons (Fsp3) is 0.841. The number of rotatable bonds is 8. The fourth-order valence-corrected chi connectivity index (χ4v) is 29.5. The number of fused-ring (bicyclic) bond motifs is 16. The molecule has 14 rings (SSSR count). The molecule has 1 aliphatic heterocycles. The minimum Gasteiger partial charge on any atom is -0.396 e. The Morgan fingerprint density at radius 1 is 0.882 bits per heavy atom. The predicted octanol–water partition coefficient (Wildman–Crippen LogP) is 9.33. The Balaban J connectivity index is 1.03. The van der Waals surface area contributed by atoms with Crippen LogP contribution in [0, 0.1) is 92.2 Å². The minimum atomic E-state index is -1.77. The number of aliphatic imine (C=N–C) groups is 1. The van der Waals surface area contributed by atoms with Crippen LogP contribution in [-0.2, 0) is 4.79 Å². The summed E-state index contributed by atoms with van der Waals surface area (Å²) in [4.78, 5) is 26.2. The molecule has 11 N–H and O–H groups in total. The second kappa shape index (κ2) is 22.3. The van der Waals surface area contributed by atoms with Gasteiger partial charge in [0.2, 0.25) is 0 Å². The average Bonchev–Trinajstić information content (AvgIpc) is 1.65. The molecule has 16 heteroatoms. The Morgan fingerprint density at radius 3 is 2.38 bits per heavy atom. The molecule has 3 spiro atoms. The number of hydrogen-bond donors (Lipinski definition) is 10. The normalized spacial score (nSPS) is 47.1. The lowest BCUT2D eigenvalue weighted by Crippen LogP contribution is -2.72. The number of nitrogens with zero attached hydrogens (tertiary/aromatic N) is 3. The highest BCUT2D eigenvalue weighted by molar-refractivity contribution is 8.77. The Hall–Kier alpha value is -2.25. The van der Waals surface area contributed by atoms with E-state index < -0.39 is 75.5 Å². The SMILES string of the molecule is CNCC1C(O)C(O)CC2(C3CCCCC3)C3C(=CC(=O)C12)C1(O)C2CC(C4CC5CCCC6=C5C(C(=C5CCCC7(CCCC7)C65)C(C)(C)CC(n5ccnc5)CSSC25CCCC52CCC(O)C2)C4O)C1(CO)CC3CN=C(N)NC(C)O. The first kappa shape index (κ1) is 60.3. The Bertz CT molecular complexity index is 2830. The molecular formula is C69H104N6O8S2. The molecule has 21 unspecified atom stereocenters. The Labute approximate surface area is 514 Å². The molecule has 21 atom stereocenters. The lowest BCUT2D eigenvalue weighted by atomic mass is 9.37. The molecule has 1 saturated heterocycles. The Kier molecular flexibility index (Phi) is 15.8. The molecule has 0 amide bonds. The second-order valence-electron chi connectivity index (χ2n) is 31.6. The topological polar surface area (TPSA) is 239 Å². The molecule has 85 heavy (non-hydrogen) atoms. The molecule has 0 aromatic carbocycles. The molecule has 14 nitrogen and oxygen atoms in total. The second-order valence-corrected chi connectivity index (χ2v) is 34.3. The summed E-state index contributed by atoms with van der Waals surface area (Å²) < 4.78 is 1.74. The minimum absolute atomic E-state index is 0.00641. The van der Waals surface area contributed by atoms with Crippen molar-refractivity contribution in [3.63, 3.8) is 0 Å². The van der Waals surface area contributed by atoms with Gasteiger partial charge in [-0.2, -0.15) is 0 Å². The van der Waals surface area contributed by atoms with Crippen molar-refractivity contribution in [2.75, 3.05) is 32.5 Å². The van der Waals surface area contributed by atoms with Crippen LogP contribution in [0.2, 0.25) is 0 Å². The Morgan fingerprint density at radius 2 is 1.66 bits per heavy atom. The highest BCUT2D eigenvalue weighted by Crippen LogP contribution is 2.81. The van der Waals surface area contributed by atoms with Gasteiger partial charge in [-0.15, -0.1) is 0 Å². The van der Waals surface area contributed by atoms with Crippen LogP contribution in [0.5, 0.6) is 0 Å². The van der Waals surface area contributed by atoms with Gasteiger partial charge in [0.05, 0.1) is 43.0 Å². The van der Waals surface area contributed by atoms with Crippen LogP contribution in [0.3, 0.4) is 0 Å². The summed E-state index contributed by atoms with van der Waals surface area (Å²) >= 11 is 0.